The number of hydrogen-bond acceptors (Lipinski definition) is 3. The molecule has 3 rings (SSSR count). The second-order valence-electron chi connectivity index (χ2n) is 5.44. The molecule has 6 heteroatoms. The van der Waals surface area contributed by atoms with E-state index >= 15 is 0 Å². The van der Waals surface area contributed by atoms with Gasteiger partial charge in [-0.1, -0.05) is 6.92 Å². The van der Waals surface area contributed by atoms with Gasteiger partial charge >= 0.3 is 5.69 Å². The third-order valence-electron chi connectivity index (χ3n) is 3.99. The molecule has 20 heavy (non-hydrogen) atoms. The number of likely N-dealkylation sites (tertiary alicyclic amines) is 1. The van der Waals surface area contributed by atoms with Crippen LogP contribution in [-0.2, 0) is 11.3 Å². The molecule has 1 aliphatic heterocycles. The summed E-state index contributed by atoms with van der Waals surface area (Å²) in [6.45, 7) is 4.16. The van der Waals surface area contributed by atoms with Gasteiger partial charge in [-0.2, -0.15) is 0 Å². The van der Waals surface area contributed by atoms with E-state index in [1.165, 1.54) is 10.6 Å². The van der Waals surface area contributed by atoms with Crippen molar-refractivity contribution in [1.29, 1.82) is 0 Å². The summed E-state index contributed by atoms with van der Waals surface area (Å²) in [6, 6.07) is 1.74. The predicted octanol–water partition coefficient (Wildman–Crippen LogP) is 0.754. The number of rotatable bonds is 2. The predicted molar refractivity (Wildman–Crippen MR) is 74.4 cm³/mol. The van der Waals surface area contributed by atoms with Crippen LogP contribution in [0.2, 0.25) is 0 Å². The number of piperidine rings is 1. The molecule has 1 saturated heterocycles. The molecule has 0 N–H and O–H groups in total. The molecule has 1 fully saturated rings. The molecule has 2 aromatic heterocycles. The zero-order valence-electron chi connectivity index (χ0n) is 11.5. The number of carbonyl (C=O) groups is 1. The van der Waals surface area contributed by atoms with Crippen LogP contribution in [-0.4, -0.2) is 37.8 Å². The van der Waals surface area contributed by atoms with Gasteiger partial charge in [-0.3, -0.25) is 9.20 Å². The van der Waals surface area contributed by atoms with Crippen molar-refractivity contribution in [3.05, 3.63) is 35.1 Å². The van der Waals surface area contributed by atoms with Crippen LogP contribution in [0.5, 0.6) is 0 Å². The van der Waals surface area contributed by atoms with Crippen molar-refractivity contribution in [3.63, 3.8) is 0 Å². The van der Waals surface area contributed by atoms with Crippen LogP contribution in [0, 0.1) is 5.92 Å². The van der Waals surface area contributed by atoms with Crippen molar-refractivity contribution in [2.75, 3.05) is 13.1 Å². The minimum Gasteiger partial charge on any atom is -0.341 e. The van der Waals surface area contributed by atoms with Crippen molar-refractivity contribution >= 4 is 11.6 Å². The van der Waals surface area contributed by atoms with Crippen molar-refractivity contribution in [3.8, 4) is 0 Å². The lowest BCUT2D eigenvalue weighted by Crippen LogP contribution is -2.39. The van der Waals surface area contributed by atoms with Gasteiger partial charge in [0.15, 0.2) is 0 Å². The maximum absolute atomic E-state index is 12.3. The molecule has 0 aliphatic carbocycles. The number of aromatic nitrogens is 3. The molecule has 0 aromatic carbocycles. The molecular weight excluding hydrogens is 256 g/mol. The quantitative estimate of drug-likeness (QED) is 0.812. The topological polar surface area (TPSA) is 59.6 Å². The fourth-order valence-corrected chi connectivity index (χ4v) is 2.64. The first-order valence-electron chi connectivity index (χ1n) is 6.95. The maximum atomic E-state index is 12.3. The Morgan fingerprint density at radius 3 is 2.85 bits per heavy atom. The largest absolute Gasteiger partial charge is 0.353 e. The number of fused-ring (bicyclic) bond motifs is 1. The van der Waals surface area contributed by atoms with Gasteiger partial charge in [0.05, 0.1) is 0 Å². The smallest absolute Gasteiger partial charge is 0.341 e. The third kappa shape index (κ3) is 2.33. The first kappa shape index (κ1) is 12.9. The minimum absolute atomic E-state index is 0.110. The van der Waals surface area contributed by atoms with E-state index < -0.39 is 0 Å². The molecule has 0 saturated carbocycles. The Kier molecular flexibility index (Phi) is 3.30. The highest BCUT2D eigenvalue weighted by molar-refractivity contribution is 5.76. The summed E-state index contributed by atoms with van der Waals surface area (Å²) >= 11 is 0. The SMILES string of the molecule is CC1CCN(C(=O)Cn2ccn3c(=O)nccc23)CC1. The molecular formula is C14H18N4O2. The Balaban J connectivity index is 1.78. The molecule has 0 radical (unpaired) electrons. The molecule has 3 heterocycles. The van der Waals surface area contributed by atoms with Crippen molar-refractivity contribution in [1.82, 2.24) is 18.9 Å². The van der Waals surface area contributed by atoms with Crippen molar-refractivity contribution < 1.29 is 4.79 Å². The number of imidazole rings is 1. The highest BCUT2D eigenvalue weighted by Gasteiger charge is 2.20. The van der Waals surface area contributed by atoms with Crippen LogP contribution < -0.4 is 5.69 Å². The van der Waals surface area contributed by atoms with Gasteiger partial charge < -0.3 is 9.47 Å². The summed E-state index contributed by atoms with van der Waals surface area (Å²) in [4.78, 5) is 29.5. The van der Waals surface area contributed by atoms with Crippen LogP contribution in [0.25, 0.3) is 5.65 Å². The summed E-state index contributed by atoms with van der Waals surface area (Å²) in [6.07, 6.45) is 7.02. The van der Waals surface area contributed by atoms with Crippen LogP contribution in [0.15, 0.2) is 29.5 Å². The van der Waals surface area contributed by atoms with E-state index in [1.54, 1.807) is 23.0 Å². The van der Waals surface area contributed by atoms with Gasteiger partial charge in [-0.05, 0) is 24.8 Å². The third-order valence-corrected chi connectivity index (χ3v) is 3.99. The highest BCUT2D eigenvalue weighted by Crippen LogP contribution is 2.16. The Morgan fingerprint density at radius 1 is 1.35 bits per heavy atom. The van der Waals surface area contributed by atoms with E-state index in [2.05, 4.69) is 11.9 Å². The Morgan fingerprint density at radius 2 is 2.10 bits per heavy atom. The van der Waals surface area contributed by atoms with E-state index in [0.717, 1.165) is 25.9 Å². The van der Waals surface area contributed by atoms with Gasteiger partial charge in [0.1, 0.15) is 12.2 Å². The summed E-state index contributed by atoms with van der Waals surface area (Å²) in [7, 11) is 0. The lowest BCUT2D eigenvalue weighted by Gasteiger charge is -2.30. The molecule has 0 bridgehead atoms. The fourth-order valence-electron chi connectivity index (χ4n) is 2.64. The van der Waals surface area contributed by atoms with Gasteiger partial charge in [0.2, 0.25) is 5.91 Å². The van der Waals surface area contributed by atoms with Crippen LogP contribution >= 0.6 is 0 Å². The van der Waals surface area contributed by atoms with E-state index in [-0.39, 0.29) is 18.1 Å². The Labute approximate surface area is 116 Å². The Hall–Kier alpha value is -2.11. The lowest BCUT2D eigenvalue weighted by molar-refractivity contribution is -0.133. The average Bonchev–Trinajstić information content (AvgIpc) is 2.84. The second-order valence-corrected chi connectivity index (χ2v) is 5.44. The average molecular weight is 274 g/mol. The van der Waals surface area contributed by atoms with E-state index in [9.17, 15) is 9.59 Å². The van der Waals surface area contributed by atoms with Crippen LogP contribution in [0.3, 0.4) is 0 Å². The second kappa shape index (κ2) is 5.11. The molecule has 1 aliphatic rings. The van der Waals surface area contributed by atoms with Gasteiger partial charge in [0.25, 0.3) is 0 Å². The summed E-state index contributed by atoms with van der Waals surface area (Å²) in [5.74, 6) is 0.815. The summed E-state index contributed by atoms with van der Waals surface area (Å²) < 4.78 is 3.25. The molecule has 0 unspecified atom stereocenters. The fraction of sp³-hybridized carbons (Fsp3) is 0.500. The lowest BCUT2D eigenvalue weighted by atomic mass is 9.99. The Bertz CT molecular complexity index is 680. The van der Waals surface area contributed by atoms with Crippen LogP contribution in [0.1, 0.15) is 19.8 Å². The number of nitrogens with zero attached hydrogens (tertiary/aromatic N) is 4. The van der Waals surface area contributed by atoms with E-state index in [0.29, 0.717) is 11.6 Å². The standard InChI is InChI=1S/C14H18N4O2/c1-11-3-6-16(7-4-11)13(19)10-17-8-9-18-12(17)2-5-15-14(18)20/h2,5,8-9,11H,3-4,6-7,10H2,1H3. The first-order valence-corrected chi connectivity index (χ1v) is 6.95. The highest BCUT2D eigenvalue weighted by atomic mass is 16.2. The van der Waals surface area contributed by atoms with Crippen LogP contribution in [0.4, 0.5) is 0 Å². The van der Waals surface area contributed by atoms with Gasteiger partial charge in [0, 0.05) is 31.7 Å². The summed E-state index contributed by atoms with van der Waals surface area (Å²) in [5.41, 5.74) is 0.379. The maximum Gasteiger partial charge on any atom is 0.353 e. The zero-order chi connectivity index (χ0) is 14.1. The zero-order valence-corrected chi connectivity index (χ0v) is 11.5. The van der Waals surface area contributed by atoms with Gasteiger partial charge in [-0.25, -0.2) is 9.78 Å². The molecule has 0 atom stereocenters. The monoisotopic (exact) mass is 274 g/mol. The summed E-state index contributed by atoms with van der Waals surface area (Å²) in [5, 5.41) is 0. The number of carbonyl (C=O) groups excluding carboxylic acids is 1. The number of hydrogen-bond donors (Lipinski definition) is 0. The van der Waals surface area contributed by atoms with Gasteiger partial charge in [-0.15, -0.1) is 0 Å². The molecule has 6 nitrogen and oxygen atoms in total. The van der Waals surface area contributed by atoms with E-state index in [4.69, 9.17) is 0 Å². The normalized spacial score (nSPS) is 16.8. The minimum atomic E-state index is -0.319. The molecule has 0 spiro atoms. The van der Waals surface area contributed by atoms with Crippen molar-refractivity contribution in [2.45, 2.75) is 26.3 Å². The van der Waals surface area contributed by atoms with Crippen molar-refractivity contribution in [2.24, 2.45) is 5.92 Å². The number of amides is 1. The molecule has 1 amide bonds. The van der Waals surface area contributed by atoms with E-state index in [1.807, 2.05) is 4.90 Å². The molecule has 2 aromatic rings. The first-order chi connectivity index (χ1) is 9.65. The molecule has 106 valence electrons.